The summed E-state index contributed by atoms with van der Waals surface area (Å²) in [5.74, 6) is 1.52. The van der Waals surface area contributed by atoms with Crippen LogP contribution in [0.15, 0.2) is 62.4 Å². The van der Waals surface area contributed by atoms with Gasteiger partial charge in [-0.15, -0.1) is 0 Å². The largest absolute Gasteiger partial charge is 0.497 e. The van der Waals surface area contributed by atoms with Gasteiger partial charge in [0, 0.05) is 16.8 Å². The smallest absolute Gasteiger partial charge is 0.220 e. The van der Waals surface area contributed by atoms with E-state index < -0.39 is 0 Å². The lowest BCUT2D eigenvalue weighted by Gasteiger charge is -1.99. The highest BCUT2D eigenvalue weighted by Crippen LogP contribution is 2.30. The number of rotatable bonds is 2. The molecule has 0 fully saturated rings. The molecule has 0 radical (unpaired) electrons. The summed E-state index contributed by atoms with van der Waals surface area (Å²) in [4.78, 5) is 4.57. The second-order valence-electron chi connectivity index (χ2n) is 5.80. The summed E-state index contributed by atoms with van der Waals surface area (Å²) in [6.45, 7) is 3.94. The van der Waals surface area contributed by atoms with Crippen LogP contribution in [0.5, 0.6) is 5.75 Å². The fourth-order valence-electron chi connectivity index (χ4n) is 2.82. The first-order valence-electron chi connectivity index (χ1n) is 7.76. The van der Waals surface area contributed by atoms with E-state index in [-0.39, 0.29) is 0 Å². The van der Waals surface area contributed by atoms with Gasteiger partial charge < -0.3 is 13.6 Å². The van der Waals surface area contributed by atoms with Crippen molar-refractivity contribution < 1.29 is 13.6 Å². The van der Waals surface area contributed by atoms with E-state index in [0.717, 1.165) is 33.4 Å². The highest BCUT2D eigenvalue weighted by Gasteiger charge is 2.11. The summed E-state index contributed by atoms with van der Waals surface area (Å²) < 4.78 is 16.9. The maximum absolute atomic E-state index is 5.95. The van der Waals surface area contributed by atoms with E-state index in [2.05, 4.69) is 17.1 Å². The molecule has 0 atom stereocenters. The lowest BCUT2D eigenvalue weighted by molar-refractivity contribution is 0.415. The van der Waals surface area contributed by atoms with Crippen LogP contribution in [-0.2, 0) is 0 Å². The number of hydrogen-bond acceptors (Lipinski definition) is 4. The Balaban J connectivity index is 1.92. The second kappa shape index (κ2) is 5.57. The molecule has 0 spiro atoms. The van der Waals surface area contributed by atoms with E-state index in [1.807, 2.05) is 50.2 Å². The standard InChI is InChI=1S/C20H17NO3/c1-12-4-9-16-17-11-19(21-14-5-7-15(22-3)8-6-14)23-13(2)20(17)24-18(16)10-12/h4-11H,1-3H3. The minimum atomic E-state index is 0.549. The summed E-state index contributed by atoms with van der Waals surface area (Å²) in [5, 5.41) is 2.08. The molecule has 120 valence electrons. The van der Waals surface area contributed by atoms with Crippen molar-refractivity contribution in [3.05, 3.63) is 65.4 Å². The van der Waals surface area contributed by atoms with Gasteiger partial charge >= 0.3 is 0 Å². The van der Waals surface area contributed by atoms with E-state index in [1.165, 1.54) is 5.56 Å². The van der Waals surface area contributed by atoms with Crippen molar-refractivity contribution in [2.75, 3.05) is 7.11 Å². The number of benzene rings is 2. The maximum atomic E-state index is 5.95. The normalized spacial score (nSPS) is 12.2. The predicted molar refractivity (Wildman–Crippen MR) is 93.7 cm³/mol. The van der Waals surface area contributed by atoms with Crippen molar-refractivity contribution in [2.45, 2.75) is 13.8 Å². The fraction of sp³-hybridized carbons (Fsp3) is 0.150. The van der Waals surface area contributed by atoms with E-state index in [4.69, 9.17) is 13.6 Å². The lowest BCUT2D eigenvalue weighted by atomic mass is 10.1. The van der Waals surface area contributed by atoms with Gasteiger partial charge in [0.05, 0.1) is 12.8 Å². The third-order valence-electron chi connectivity index (χ3n) is 4.04. The third-order valence-corrected chi connectivity index (χ3v) is 4.04. The Morgan fingerprint density at radius 2 is 1.67 bits per heavy atom. The van der Waals surface area contributed by atoms with Gasteiger partial charge in [0.2, 0.25) is 5.55 Å². The summed E-state index contributed by atoms with van der Waals surface area (Å²) >= 11 is 0. The van der Waals surface area contributed by atoms with E-state index >= 15 is 0 Å². The Bertz CT molecular complexity index is 1100. The molecule has 0 amide bonds. The fourth-order valence-corrected chi connectivity index (χ4v) is 2.82. The zero-order chi connectivity index (χ0) is 16.7. The van der Waals surface area contributed by atoms with Crippen LogP contribution in [0.2, 0.25) is 0 Å². The molecule has 0 saturated heterocycles. The minimum Gasteiger partial charge on any atom is -0.497 e. The Labute approximate surface area is 139 Å². The molecule has 4 rings (SSSR count). The van der Waals surface area contributed by atoms with Gasteiger partial charge in [-0.3, -0.25) is 0 Å². The molecular weight excluding hydrogens is 302 g/mol. The Morgan fingerprint density at radius 3 is 2.42 bits per heavy atom. The molecule has 0 N–H and O–H groups in total. The molecule has 4 heteroatoms. The average Bonchev–Trinajstić information content (AvgIpc) is 2.94. The molecule has 4 nitrogen and oxygen atoms in total. The Hall–Kier alpha value is -3.01. The third kappa shape index (κ3) is 2.46. The molecule has 0 aliphatic rings. The van der Waals surface area contributed by atoms with Gasteiger partial charge in [0.25, 0.3) is 0 Å². The molecule has 24 heavy (non-hydrogen) atoms. The van der Waals surface area contributed by atoms with Gasteiger partial charge in [-0.05, 0) is 49.7 Å². The predicted octanol–water partition coefficient (Wildman–Crippen LogP) is 5.04. The zero-order valence-electron chi connectivity index (χ0n) is 13.8. The van der Waals surface area contributed by atoms with Crippen molar-refractivity contribution in [3.8, 4) is 5.75 Å². The second-order valence-corrected chi connectivity index (χ2v) is 5.80. The first-order chi connectivity index (χ1) is 11.6. The van der Waals surface area contributed by atoms with Gasteiger partial charge in [0.15, 0.2) is 5.58 Å². The molecule has 4 aromatic rings. The van der Waals surface area contributed by atoms with Crippen LogP contribution >= 0.6 is 0 Å². The minimum absolute atomic E-state index is 0.549. The number of furan rings is 1. The molecular formula is C20H17NO3. The molecule has 0 aliphatic carbocycles. The van der Waals surface area contributed by atoms with Gasteiger partial charge in [-0.1, -0.05) is 12.1 Å². The summed E-state index contributed by atoms with van der Waals surface area (Å²) in [6, 6.07) is 15.7. The molecule has 0 saturated carbocycles. The van der Waals surface area contributed by atoms with Crippen molar-refractivity contribution in [1.82, 2.24) is 0 Å². The van der Waals surface area contributed by atoms with Crippen LogP contribution in [0.1, 0.15) is 11.3 Å². The first kappa shape index (κ1) is 14.6. The average molecular weight is 319 g/mol. The molecule has 2 heterocycles. The molecule has 0 aliphatic heterocycles. The number of hydrogen-bond donors (Lipinski definition) is 0. The van der Waals surface area contributed by atoms with E-state index in [1.54, 1.807) is 7.11 Å². The van der Waals surface area contributed by atoms with Gasteiger partial charge in [-0.2, -0.15) is 0 Å². The molecule has 2 aromatic heterocycles. The quantitative estimate of drug-likeness (QED) is 0.520. The summed E-state index contributed by atoms with van der Waals surface area (Å²) in [7, 11) is 1.64. The van der Waals surface area contributed by atoms with Crippen molar-refractivity contribution in [3.63, 3.8) is 0 Å². The number of aryl methyl sites for hydroxylation is 2. The number of nitrogens with zero attached hydrogens (tertiary/aromatic N) is 1. The van der Waals surface area contributed by atoms with E-state index in [9.17, 15) is 0 Å². The number of ether oxygens (including phenoxy) is 1. The summed E-state index contributed by atoms with van der Waals surface area (Å²) in [6.07, 6.45) is 0. The zero-order valence-corrected chi connectivity index (χ0v) is 13.8. The number of fused-ring (bicyclic) bond motifs is 3. The maximum Gasteiger partial charge on any atom is 0.220 e. The highest BCUT2D eigenvalue weighted by molar-refractivity contribution is 6.05. The van der Waals surface area contributed by atoms with Crippen molar-refractivity contribution in [1.29, 1.82) is 0 Å². The molecule has 0 unspecified atom stereocenters. The Morgan fingerprint density at radius 1 is 0.875 bits per heavy atom. The lowest BCUT2D eigenvalue weighted by Crippen LogP contribution is -2.00. The van der Waals surface area contributed by atoms with Gasteiger partial charge in [0.1, 0.15) is 17.1 Å². The topological polar surface area (TPSA) is 47.9 Å². The van der Waals surface area contributed by atoms with Crippen LogP contribution in [0.3, 0.4) is 0 Å². The van der Waals surface area contributed by atoms with E-state index in [0.29, 0.717) is 11.3 Å². The molecule has 2 aromatic carbocycles. The SMILES string of the molecule is COc1ccc(N=c2cc3c(oc4cc(C)ccc43)c(C)o2)cc1. The first-order valence-corrected chi connectivity index (χ1v) is 7.76. The van der Waals surface area contributed by atoms with Crippen LogP contribution in [0.4, 0.5) is 5.69 Å². The van der Waals surface area contributed by atoms with Crippen LogP contribution < -0.4 is 10.3 Å². The van der Waals surface area contributed by atoms with Gasteiger partial charge in [-0.25, -0.2) is 4.99 Å². The van der Waals surface area contributed by atoms with Crippen molar-refractivity contribution in [2.24, 2.45) is 4.99 Å². The molecule has 0 bridgehead atoms. The number of methoxy groups -OCH3 is 1. The van der Waals surface area contributed by atoms with Crippen LogP contribution in [0, 0.1) is 13.8 Å². The monoisotopic (exact) mass is 319 g/mol. The van der Waals surface area contributed by atoms with Crippen LogP contribution in [0.25, 0.3) is 21.9 Å². The Kier molecular flexibility index (Phi) is 3.38. The summed E-state index contributed by atoms with van der Waals surface area (Å²) in [5.41, 5.74) is 4.16. The van der Waals surface area contributed by atoms with Crippen molar-refractivity contribution >= 4 is 27.6 Å². The van der Waals surface area contributed by atoms with Crippen LogP contribution in [-0.4, -0.2) is 7.11 Å². The highest BCUT2D eigenvalue weighted by atomic mass is 16.5.